The Morgan fingerprint density at radius 1 is 1.13 bits per heavy atom. The Morgan fingerprint density at radius 3 is 2.52 bits per heavy atom. The standard InChI is InChI=1S/C20H14Cl3F3N4O/c21-11-6-4-10(5-7-11)14-8-16(20(24,25)26)30-17(27-14)9-15(29-30)19(31)28-13-3-1-2-12(22)18(13)23/h1-7,9,14,16,27H,8H2,(H,28,31)/t14-,16+/m1/s1. The van der Waals surface area contributed by atoms with Crippen molar-refractivity contribution in [2.24, 2.45) is 0 Å². The normalized spacial score (nSPS) is 18.3. The van der Waals surface area contributed by atoms with Crippen molar-refractivity contribution in [3.05, 3.63) is 74.9 Å². The van der Waals surface area contributed by atoms with Gasteiger partial charge in [-0.3, -0.25) is 4.79 Å². The van der Waals surface area contributed by atoms with Crippen LogP contribution in [0.15, 0.2) is 48.5 Å². The van der Waals surface area contributed by atoms with E-state index in [1.807, 2.05) is 0 Å². The lowest BCUT2D eigenvalue weighted by atomic mass is 9.97. The predicted octanol–water partition coefficient (Wildman–Crippen LogP) is 6.76. The fourth-order valence-electron chi connectivity index (χ4n) is 3.38. The molecule has 0 spiro atoms. The molecule has 0 aliphatic carbocycles. The molecule has 2 N–H and O–H groups in total. The summed E-state index contributed by atoms with van der Waals surface area (Å²) in [6, 6.07) is 9.93. The SMILES string of the molecule is O=C(Nc1cccc(Cl)c1Cl)c1cc2n(n1)[C@H](C(F)(F)F)C[C@H](c1ccc(Cl)cc1)N2. The first kappa shape index (κ1) is 21.8. The van der Waals surface area contributed by atoms with Crippen LogP contribution in [0.5, 0.6) is 0 Å². The van der Waals surface area contributed by atoms with Gasteiger partial charge in [0, 0.05) is 17.5 Å². The number of amides is 1. The number of benzene rings is 2. The van der Waals surface area contributed by atoms with Crippen LogP contribution in [0.1, 0.15) is 34.6 Å². The zero-order chi connectivity index (χ0) is 22.3. The number of hydrogen-bond donors (Lipinski definition) is 2. The van der Waals surface area contributed by atoms with Crippen molar-refractivity contribution in [1.82, 2.24) is 9.78 Å². The average Bonchev–Trinajstić information content (AvgIpc) is 3.14. The summed E-state index contributed by atoms with van der Waals surface area (Å²) in [5.41, 5.74) is 0.678. The summed E-state index contributed by atoms with van der Waals surface area (Å²) in [6.07, 6.45) is -4.85. The average molecular weight is 490 g/mol. The molecule has 11 heteroatoms. The molecule has 2 heterocycles. The number of nitrogens with one attached hydrogen (secondary N) is 2. The molecule has 3 aromatic rings. The van der Waals surface area contributed by atoms with Crippen molar-refractivity contribution >= 4 is 52.2 Å². The van der Waals surface area contributed by atoms with E-state index in [1.54, 1.807) is 36.4 Å². The van der Waals surface area contributed by atoms with Gasteiger partial charge in [-0.2, -0.15) is 18.3 Å². The van der Waals surface area contributed by atoms with Gasteiger partial charge < -0.3 is 10.6 Å². The molecule has 0 bridgehead atoms. The second-order valence-corrected chi connectivity index (χ2v) is 8.18. The summed E-state index contributed by atoms with van der Waals surface area (Å²) in [4.78, 5) is 12.6. The van der Waals surface area contributed by atoms with Gasteiger partial charge in [0.2, 0.25) is 0 Å². The zero-order valence-corrected chi connectivity index (χ0v) is 17.8. The van der Waals surface area contributed by atoms with Crippen LogP contribution < -0.4 is 10.6 Å². The number of fused-ring (bicyclic) bond motifs is 1. The molecular formula is C20H14Cl3F3N4O. The Bertz CT molecular complexity index is 1130. The van der Waals surface area contributed by atoms with E-state index in [0.29, 0.717) is 10.6 Å². The van der Waals surface area contributed by atoms with Crippen molar-refractivity contribution in [1.29, 1.82) is 0 Å². The molecule has 1 aromatic heterocycles. The predicted molar refractivity (Wildman–Crippen MR) is 114 cm³/mol. The Kier molecular flexibility index (Phi) is 5.81. The maximum absolute atomic E-state index is 13.8. The fraction of sp³-hybridized carbons (Fsp3) is 0.200. The van der Waals surface area contributed by atoms with Crippen LogP contribution >= 0.6 is 34.8 Å². The third kappa shape index (κ3) is 4.46. The van der Waals surface area contributed by atoms with Gasteiger partial charge in [0.25, 0.3) is 5.91 Å². The van der Waals surface area contributed by atoms with Crippen LogP contribution in [0.4, 0.5) is 24.7 Å². The van der Waals surface area contributed by atoms with E-state index in [1.165, 1.54) is 12.1 Å². The second kappa shape index (κ2) is 8.26. The number of carbonyl (C=O) groups excluding carboxylic acids is 1. The molecule has 4 rings (SSSR count). The number of alkyl halides is 3. The van der Waals surface area contributed by atoms with Gasteiger partial charge in [0.05, 0.1) is 21.8 Å². The molecule has 2 atom stereocenters. The fourth-order valence-corrected chi connectivity index (χ4v) is 3.86. The van der Waals surface area contributed by atoms with Gasteiger partial charge in [-0.05, 0) is 29.8 Å². The third-order valence-electron chi connectivity index (χ3n) is 4.89. The van der Waals surface area contributed by atoms with Crippen LogP contribution in [-0.4, -0.2) is 21.9 Å². The van der Waals surface area contributed by atoms with Gasteiger partial charge in [-0.25, -0.2) is 4.68 Å². The molecule has 1 amide bonds. The van der Waals surface area contributed by atoms with E-state index in [9.17, 15) is 18.0 Å². The van der Waals surface area contributed by atoms with E-state index >= 15 is 0 Å². The number of aromatic nitrogens is 2. The Labute approximate surface area is 190 Å². The molecule has 0 fully saturated rings. The van der Waals surface area contributed by atoms with Gasteiger partial charge in [-0.15, -0.1) is 0 Å². The van der Waals surface area contributed by atoms with Crippen molar-refractivity contribution in [3.8, 4) is 0 Å². The quantitative estimate of drug-likeness (QED) is 0.427. The summed E-state index contributed by atoms with van der Waals surface area (Å²) in [7, 11) is 0. The lowest BCUT2D eigenvalue weighted by Gasteiger charge is -2.33. The van der Waals surface area contributed by atoms with Crippen LogP contribution in [0, 0.1) is 0 Å². The summed E-state index contributed by atoms with van der Waals surface area (Å²) in [5.74, 6) is -0.632. The summed E-state index contributed by atoms with van der Waals surface area (Å²) >= 11 is 17.9. The minimum absolute atomic E-state index is 0.0795. The highest BCUT2D eigenvalue weighted by Gasteiger charge is 2.46. The summed E-state index contributed by atoms with van der Waals surface area (Å²) < 4.78 is 42.1. The molecule has 0 radical (unpaired) electrons. The van der Waals surface area contributed by atoms with Crippen LogP contribution in [0.2, 0.25) is 15.1 Å². The largest absolute Gasteiger partial charge is 0.410 e. The van der Waals surface area contributed by atoms with E-state index in [-0.39, 0.29) is 33.7 Å². The van der Waals surface area contributed by atoms with Crippen molar-refractivity contribution in [2.75, 3.05) is 10.6 Å². The summed E-state index contributed by atoms with van der Waals surface area (Å²) in [6.45, 7) is 0. The van der Waals surface area contributed by atoms with Crippen molar-refractivity contribution in [2.45, 2.75) is 24.7 Å². The molecule has 5 nitrogen and oxygen atoms in total. The smallest absolute Gasteiger partial charge is 0.363 e. The maximum Gasteiger partial charge on any atom is 0.410 e. The molecule has 0 saturated heterocycles. The monoisotopic (exact) mass is 488 g/mol. The number of halogens is 6. The summed E-state index contributed by atoms with van der Waals surface area (Å²) in [5, 5.41) is 10.3. The third-order valence-corrected chi connectivity index (χ3v) is 5.97. The number of rotatable bonds is 3. The topological polar surface area (TPSA) is 59.0 Å². The van der Waals surface area contributed by atoms with Crippen LogP contribution in [-0.2, 0) is 0 Å². The molecule has 0 saturated carbocycles. The van der Waals surface area contributed by atoms with E-state index in [0.717, 1.165) is 4.68 Å². The lowest BCUT2D eigenvalue weighted by Crippen LogP contribution is -2.35. The first-order valence-electron chi connectivity index (χ1n) is 9.07. The first-order valence-corrected chi connectivity index (χ1v) is 10.2. The second-order valence-electron chi connectivity index (χ2n) is 6.96. The number of anilines is 2. The Hall–Kier alpha value is -2.42. The van der Waals surface area contributed by atoms with Gasteiger partial charge in [0.15, 0.2) is 11.7 Å². The van der Waals surface area contributed by atoms with Gasteiger partial charge in [0.1, 0.15) is 5.82 Å². The van der Waals surface area contributed by atoms with E-state index < -0.39 is 24.2 Å². The highest BCUT2D eigenvalue weighted by atomic mass is 35.5. The number of hydrogen-bond acceptors (Lipinski definition) is 3. The van der Waals surface area contributed by atoms with Crippen molar-refractivity contribution < 1.29 is 18.0 Å². The molecule has 2 aromatic carbocycles. The molecule has 1 aliphatic heterocycles. The lowest BCUT2D eigenvalue weighted by molar-refractivity contribution is -0.173. The van der Waals surface area contributed by atoms with Crippen molar-refractivity contribution in [3.63, 3.8) is 0 Å². The molecule has 0 unspecified atom stereocenters. The van der Waals surface area contributed by atoms with Gasteiger partial charge in [-0.1, -0.05) is 53.0 Å². The molecular weight excluding hydrogens is 476 g/mol. The highest BCUT2D eigenvalue weighted by Crippen LogP contribution is 2.43. The zero-order valence-electron chi connectivity index (χ0n) is 15.6. The maximum atomic E-state index is 13.8. The Balaban J connectivity index is 1.65. The molecule has 162 valence electrons. The van der Waals surface area contributed by atoms with Crippen LogP contribution in [0.3, 0.4) is 0 Å². The minimum atomic E-state index is -4.56. The molecule has 1 aliphatic rings. The van der Waals surface area contributed by atoms with E-state index in [4.69, 9.17) is 34.8 Å². The number of carbonyl (C=O) groups is 1. The van der Waals surface area contributed by atoms with Crippen LogP contribution in [0.25, 0.3) is 0 Å². The Morgan fingerprint density at radius 2 is 1.84 bits per heavy atom. The first-order chi connectivity index (χ1) is 14.6. The van der Waals surface area contributed by atoms with E-state index in [2.05, 4.69) is 15.7 Å². The number of nitrogens with zero attached hydrogens (tertiary/aromatic N) is 2. The van der Waals surface area contributed by atoms with Gasteiger partial charge >= 0.3 is 6.18 Å². The highest BCUT2D eigenvalue weighted by molar-refractivity contribution is 6.44. The molecule has 31 heavy (non-hydrogen) atoms. The minimum Gasteiger partial charge on any atom is -0.363 e.